The highest BCUT2D eigenvalue weighted by molar-refractivity contribution is 5.88. The third kappa shape index (κ3) is 3.28. The van der Waals surface area contributed by atoms with Crippen molar-refractivity contribution >= 4 is 17.9 Å². The summed E-state index contributed by atoms with van der Waals surface area (Å²) in [6.07, 6.45) is 1.19. The number of nitrogens with one attached hydrogen (secondary N) is 2. The lowest BCUT2D eigenvalue weighted by Crippen LogP contribution is -2.57. The van der Waals surface area contributed by atoms with Crippen molar-refractivity contribution in [3.8, 4) is 0 Å². The molecule has 0 radical (unpaired) electrons. The quantitative estimate of drug-likeness (QED) is 0.699. The summed E-state index contributed by atoms with van der Waals surface area (Å²) in [5, 5.41) is 14.6. The number of amides is 3. The van der Waals surface area contributed by atoms with E-state index in [-0.39, 0.29) is 5.91 Å². The number of likely N-dealkylation sites (tertiary alicyclic amines) is 1. The Balaban J connectivity index is 2.78. The molecular weight excluding hydrogens is 274 g/mol. The summed E-state index contributed by atoms with van der Waals surface area (Å²) in [5.41, 5.74) is -1.86. The molecule has 1 aliphatic heterocycles. The number of carboxylic acid groups (broad SMARTS) is 1. The highest BCUT2D eigenvalue weighted by Crippen LogP contribution is 2.30. The summed E-state index contributed by atoms with van der Waals surface area (Å²) < 4.78 is 0. The van der Waals surface area contributed by atoms with Crippen molar-refractivity contribution in [2.24, 2.45) is 5.41 Å². The van der Waals surface area contributed by atoms with Crippen LogP contribution in [0.1, 0.15) is 40.0 Å². The summed E-state index contributed by atoms with van der Waals surface area (Å²) in [4.78, 5) is 37.1. The SMILES string of the molecule is CCC(CC)(NC(=O)N1CCC(C)(C(=O)NC)C1)C(=O)O. The minimum Gasteiger partial charge on any atom is -0.480 e. The number of hydrogen-bond acceptors (Lipinski definition) is 3. The molecular formula is C14H25N3O4. The van der Waals surface area contributed by atoms with Crippen LogP contribution in [0.2, 0.25) is 0 Å². The molecule has 3 N–H and O–H groups in total. The van der Waals surface area contributed by atoms with Crippen LogP contribution in [0.4, 0.5) is 4.79 Å². The molecule has 0 spiro atoms. The summed E-state index contributed by atoms with van der Waals surface area (Å²) in [7, 11) is 1.57. The average molecular weight is 299 g/mol. The fraction of sp³-hybridized carbons (Fsp3) is 0.786. The van der Waals surface area contributed by atoms with Gasteiger partial charge >= 0.3 is 12.0 Å². The van der Waals surface area contributed by atoms with E-state index in [0.29, 0.717) is 32.4 Å². The van der Waals surface area contributed by atoms with Gasteiger partial charge in [-0.15, -0.1) is 0 Å². The number of carboxylic acids is 1. The third-order valence-electron chi connectivity index (χ3n) is 4.50. The zero-order valence-electron chi connectivity index (χ0n) is 13.2. The second-order valence-corrected chi connectivity index (χ2v) is 5.84. The molecule has 0 aromatic heterocycles. The summed E-state index contributed by atoms with van der Waals surface area (Å²) in [5.74, 6) is -1.14. The minimum absolute atomic E-state index is 0.103. The number of rotatable bonds is 5. The Hall–Kier alpha value is -1.79. The van der Waals surface area contributed by atoms with Crippen LogP contribution in [-0.2, 0) is 9.59 Å². The molecule has 1 atom stereocenters. The third-order valence-corrected chi connectivity index (χ3v) is 4.50. The van der Waals surface area contributed by atoms with E-state index >= 15 is 0 Å². The predicted octanol–water partition coefficient (Wildman–Crippen LogP) is 0.797. The van der Waals surface area contributed by atoms with E-state index in [2.05, 4.69) is 10.6 Å². The maximum atomic E-state index is 12.3. The van der Waals surface area contributed by atoms with Gasteiger partial charge in [0, 0.05) is 20.1 Å². The molecule has 1 unspecified atom stereocenters. The normalized spacial score (nSPS) is 22.0. The molecule has 1 saturated heterocycles. The Labute approximate surface area is 125 Å². The Morgan fingerprint density at radius 3 is 2.29 bits per heavy atom. The molecule has 21 heavy (non-hydrogen) atoms. The molecule has 1 fully saturated rings. The van der Waals surface area contributed by atoms with Crippen LogP contribution in [0.5, 0.6) is 0 Å². The predicted molar refractivity (Wildman–Crippen MR) is 77.8 cm³/mol. The number of carbonyl (C=O) groups is 3. The molecule has 0 aromatic rings. The van der Waals surface area contributed by atoms with Crippen molar-refractivity contribution in [3.05, 3.63) is 0 Å². The van der Waals surface area contributed by atoms with Crippen molar-refractivity contribution in [3.63, 3.8) is 0 Å². The van der Waals surface area contributed by atoms with Crippen molar-refractivity contribution in [1.82, 2.24) is 15.5 Å². The van der Waals surface area contributed by atoms with Crippen LogP contribution >= 0.6 is 0 Å². The van der Waals surface area contributed by atoms with Crippen molar-refractivity contribution in [1.29, 1.82) is 0 Å². The Kier molecular flexibility index (Phi) is 5.20. The van der Waals surface area contributed by atoms with Crippen LogP contribution in [0.15, 0.2) is 0 Å². The maximum absolute atomic E-state index is 12.3. The molecule has 0 aromatic carbocycles. The fourth-order valence-corrected chi connectivity index (χ4v) is 2.69. The number of aliphatic carboxylic acids is 1. The molecule has 0 saturated carbocycles. The van der Waals surface area contributed by atoms with Gasteiger partial charge in [-0.05, 0) is 26.2 Å². The first-order valence-corrected chi connectivity index (χ1v) is 7.27. The fourth-order valence-electron chi connectivity index (χ4n) is 2.69. The standard InChI is InChI=1S/C14H25N3O4/c1-5-14(6-2,11(19)20)16-12(21)17-8-7-13(3,9-17)10(18)15-4/h5-9H2,1-4H3,(H,15,18)(H,16,21)(H,19,20). The van der Waals surface area contributed by atoms with Gasteiger partial charge < -0.3 is 20.6 Å². The smallest absolute Gasteiger partial charge is 0.329 e. The van der Waals surface area contributed by atoms with Crippen LogP contribution < -0.4 is 10.6 Å². The second-order valence-electron chi connectivity index (χ2n) is 5.84. The zero-order valence-corrected chi connectivity index (χ0v) is 13.2. The van der Waals surface area contributed by atoms with E-state index in [1.54, 1.807) is 20.9 Å². The van der Waals surface area contributed by atoms with E-state index in [4.69, 9.17) is 0 Å². The van der Waals surface area contributed by atoms with Crippen molar-refractivity contribution in [2.45, 2.75) is 45.6 Å². The monoisotopic (exact) mass is 299 g/mol. The lowest BCUT2D eigenvalue weighted by molar-refractivity contribution is -0.144. The lowest BCUT2D eigenvalue weighted by Gasteiger charge is -2.31. The van der Waals surface area contributed by atoms with E-state index in [1.807, 2.05) is 6.92 Å². The first kappa shape index (κ1) is 17.3. The minimum atomic E-state index is -1.25. The Morgan fingerprint density at radius 1 is 1.29 bits per heavy atom. The van der Waals surface area contributed by atoms with Crippen LogP contribution in [0.25, 0.3) is 0 Å². The zero-order chi connectivity index (χ0) is 16.3. The number of nitrogens with zero attached hydrogens (tertiary/aromatic N) is 1. The van der Waals surface area contributed by atoms with Gasteiger partial charge in [-0.1, -0.05) is 13.8 Å². The molecule has 7 nitrogen and oxygen atoms in total. The summed E-state index contributed by atoms with van der Waals surface area (Å²) >= 11 is 0. The van der Waals surface area contributed by atoms with E-state index in [1.165, 1.54) is 4.90 Å². The number of urea groups is 1. The van der Waals surface area contributed by atoms with Crippen LogP contribution in [0.3, 0.4) is 0 Å². The van der Waals surface area contributed by atoms with Gasteiger partial charge in [-0.25, -0.2) is 9.59 Å². The highest BCUT2D eigenvalue weighted by atomic mass is 16.4. The van der Waals surface area contributed by atoms with E-state index < -0.39 is 23.0 Å². The molecule has 1 rings (SSSR count). The van der Waals surface area contributed by atoms with Crippen molar-refractivity contribution < 1.29 is 19.5 Å². The number of carbonyl (C=O) groups excluding carboxylic acids is 2. The summed E-state index contributed by atoms with van der Waals surface area (Å²) in [6, 6.07) is -0.422. The van der Waals surface area contributed by atoms with Gasteiger partial charge in [0.1, 0.15) is 5.54 Å². The first-order valence-electron chi connectivity index (χ1n) is 7.27. The maximum Gasteiger partial charge on any atom is 0.329 e. The van der Waals surface area contributed by atoms with Crippen LogP contribution in [-0.4, -0.2) is 53.6 Å². The van der Waals surface area contributed by atoms with E-state index in [0.717, 1.165) is 0 Å². The first-order chi connectivity index (χ1) is 9.74. The average Bonchev–Trinajstić information content (AvgIpc) is 2.87. The molecule has 1 aliphatic rings. The van der Waals surface area contributed by atoms with Crippen LogP contribution in [0, 0.1) is 5.41 Å². The largest absolute Gasteiger partial charge is 0.480 e. The van der Waals surface area contributed by atoms with Gasteiger partial charge in [-0.3, -0.25) is 4.79 Å². The Bertz CT molecular complexity index is 434. The van der Waals surface area contributed by atoms with Gasteiger partial charge in [0.15, 0.2) is 0 Å². The highest BCUT2D eigenvalue weighted by Gasteiger charge is 2.44. The summed E-state index contributed by atoms with van der Waals surface area (Å²) in [6.45, 7) is 6.01. The van der Waals surface area contributed by atoms with Crippen molar-refractivity contribution in [2.75, 3.05) is 20.1 Å². The molecule has 3 amide bonds. The molecule has 120 valence electrons. The molecule has 0 aliphatic carbocycles. The van der Waals surface area contributed by atoms with E-state index in [9.17, 15) is 19.5 Å². The molecule has 7 heteroatoms. The van der Waals surface area contributed by atoms with Gasteiger partial charge in [-0.2, -0.15) is 0 Å². The van der Waals surface area contributed by atoms with Gasteiger partial charge in [0.2, 0.25) is 5.91 Å². The second kappa shape index (κ2) is 6.32. The lowest BCUT2D eigenvalue weighted by atomic mass is 9.89. The topological polar surface area (TPSA) is 98.7 Å². The number of hydrogen-bond donors (Lipinski definition) is 3. The van der Waals surface area contributed by atoms with Gasteiger partial charge in [0.25, 0.3) is 0 Å². The Morgan fingerprint density at radius 2 is 1.86 bits per heavy atom. The van der Waals surface area contributed by atoms with Gasteiger partial charge in [0.05, 0.1) is 5.41 Å². The molecule has 1 heterocycles. The molecule has 0 bridgehead atoms.